The molecule has 0 aliphatic rings. The van der Waals surface area contributed by atoms with E-state index in [4.69, 9.17) is 5.73 Å². The number of anilines is 1. The summed E-state index contributed by atoms with van der Waals surface area (Å²) in [4.78, 5) is 0. The lowest BCUT2D eigenvalue weighted by Crippen LogP contribution is -1.95. The van der Waals surface area contributed by atoms with Crippen LogP contribution in [0.15, 0.2) is 97.1 Å². The van der Waals surface area contributed by atoms with Crippen molar-refractivity contribution >= 4 is 27.5 Å². The van der Waals surface area contributed by atoms with Crippen LogP contribution in [-0.4, -0.2) is 4.57 Å². The van der Waals surface area contributed by atoms with Crippen LogP contribution in [0.25, 0.3) is 38.6 Å². The van der Waals surface area contributed by atoms with Gasteiger partial charge in [-0.3, -0.25) is 0 Å². The molecule has 0 bridgehead atoms. The van der Waals surface area contributed by atoms with Crippen molar-refractivity contribution in [1.82, 2.24) is 4.57 Å². The molecule has 5 aromatic rings. The summed E-state index contributed by atoms with van der Waals surface area (Å²) >= 11 is 0. The second-order valence-electron chi connectivity index (χ2n) is 6.55. The molecule has 0 aliphatic carbocycles. The van der Waals surface area contributed by atoms with Crippen LogP contribution in [0.2, 0.25) is 0 Å². The second kappa shape index (κ2) is 5.78. The summed E-state index contributed by atoms with van der Waals surface area (Å²) in [6.07, 6.45) is 0. The molecule has 0 aliphatic heterocycles. The number of fused-ring (bicyclic) bond motifs is 3. The van der Waals surface area contributed by atoms with Gasteiger partial charge >= 0.3 is 0 Å². The normalized spacial score (nSPS) is 11.2. The van der Waals surface area contributed by atoms with Crippen LogP contribution in [0, 0.1) is 0 Å². The fourth-order valence-electron chi connectivity index (χ4n) is 3.72. The van der Waals surface area contributed by atoms with E-state index in [1.807, 2.05) is 12.1 Å². The third kappa shape index (κ3) is 2.27. The van der Waals surface area contributed by atoms with Crippen LogP contribution in [-0.2, 0) is 0 Å². The number of hydrogen-bond acceptors (Lipinski definition) is 1. The fourth-order valence-corrected chi connectivity index (χ4v) is 3.72. The number of nitrogens with zero attached hydrogens (tertiary/aromatic N) is 1. The topological polar surface area (TPSA) is 30.9 Å². The molecule has 1 aromatic heterocycles. The molecule has 0 unspecified atom stereocenters. The Balaban J connectivity index is 1.83. The Hall–Kier alpha value is -3.52. The zero-order valence-electron chi connectivity index (χ0n) is 14.3. The summed E-state index contributed by atoms with van der Waals surface area (Å²) in [5.41, 5.74) is 12.8. The van der Waals surface area contributed by atoms with Gasteiger partial charge in [0.05, 0.1) is 11.0 Å². The monoisotopic (exact) mass is 334 g/mol. The van der Waals surface area contributed by atoms with Crippen LogP contribution in [0.3, 0.4) is 0 Å². The molecule has 0 saturated heterocycles. The van der Waals surface area contributed by atoms with Crippen molar-refractivity contribution in [2.45, 2.75) is 0 Å². The maximum absolute atomic E-state index is 6.10. The summed E-state index contributed by atoms with van der Waals surface area (Å²) in [7, 11) is 0. The smallest absolute Gasteiger partial charge is 0.0561 e. The Morgan fingerprint density at radius 1 is 0.538 bits per heavy atom. The van der Waals surface area contributed by atoms with E-state index >= 15 is 0 Å². The van der Waals surface area contributed by atoms with E-state index in [2.05, 4.69) is 89.5 Å². The van der Waals surface area contributed by atoms with Crippen molar-refractivity contribution < 1.29 is 0 Å². The first kappa shape index (κ1) is 14.8. The van der Waals surface area contributed by atoms with Gasteiger partial charge in [0, 0.05) is 22.1 Å². The van der Waals surface area contributed by atoms with E-state index in [-0.39, 0.29) is 0 Å². The molecule has 0 spiro atoms. The Morgan fingerprint density at radius 3 is 2.15 bits per heavy atom. The van der Waals surface area contributed by atoms with Crippen LogP contribution < -0.4 is 5.73 Å². The highest BCUT2D eigenvalue weighted by atomic mass is 15.0. The molecule has 5 rings (SSSR count). The molecule has 0 fully saturated rings. The standard InChI is InChI=1S/C24H18N2/c25-19-13-14-22-21-11-4-5-12-23(21)26(24(22)16-19)20-10-6-9-18(15-20)17-7-2-1-3-8-17/h1-16H,25H2. The van der Waals surface area contributed by atoms with Crippen LogP contribution in [0.4, 0.5) is 5.69 Å². The highest BCUT2D eigenvalue weighted by Gasteiger charge is 2.12. The summed E-state index contributed by atoms with van der Waals surface area (Å²) in [6.45, 7) is 0. The molecular weight excluding hydrogens is 316 g/mol. The minimum absolute atomic E-state index is 0.778. The Labute approximate surface area is 152 Å². The third-order valence-corrected chi connectivity index (χ3v) is 4.91. The first-order valence-electron chi connectivity index (χ1n) is 8.76. The van der Waals surface area contributed by atoms with Gasteiger partial charge in [-0.1, -0.05) is 66.7 Å². The quantitative estimate of drug-likeness (QED) is 0.392. The lowest BCUT2D eigenvalue weighted by atomic mass is 10.1. The molecule has 0 amide bonds. The van der Waals surface area contributed by atoms with Gasteiger partial charge in [0.15, 0.2) is 0 Å². The largest absolute Gasteiger partial charge is 0.399 e. The number of benzene rings is 4. The third-order valence-electron chi connectivity index (χ3n) is 4.91. The van der Waals surface area contributed by atoms with Gasteiger partial charge in [0.25, 0.3) is 0 Å². The van der Waals surface area contributed by atoms with E-state index in [1.165, 1.54) is 27.4 Å². The summed E-state index contributed by atoms with van der Waals surface area (Å²) in [5, 5.41) is 2.47. The van der Waals surface area contributed by atoms with E-state index in [0.717, 1.165) is 16.9 Å². The number of hydrogen-bond donors (Lipinski definition) is 1. The second-order valence-corrected chi connectivity index (χ2v) is 6.55. The lowest BCUT2D eigenvalue weighted by Gasteiger charge is -2.10. The van der Waals surface area contributed by atoms with Crippen LogP contribution >= 0.6 is 0 Å². The van der Waals surface area contributed by atoms with Crippen molar-refractivity contribution in [3.05, 3.63) is 97.1 Å². The van der Waals surface area contributed by atoms with Gasteiger partial charge in [0.1, 0.15) is 0 Å². The molecule has 0 atom stereocenters. The Kier molecular flexibility index (Phi) is 3.29. The van der Waals surface area contributed by atoms with Gasteiger partial charge in [0.2, 0.25) is 0 Å². The van der Waals surface area contributed by atoms with Crippen molar-refractivity contribution in [3.8, 4) is 16.8 Å². The first-order valence-corrected chi connectivity index (χ1v) is 8.76. The lowest BCUT2D eigenvalue weighted by molar-refractivity contribution is 1.18. The zero-order valence-corrected chi connectivity index (χ0v) is 14.3. The molecule has 0 radical (unpaired) electrons. The predicted octanol–water partition coefficient (Wildman–Crippen LogP) is 6.03. The molecule has 26 heavy (non-hydrogen) atoms. The van der Waals surface area contributed by atoms with Crippen LogP contribution in [0.1, 0.15) is 0 Å². The van der Waals surface area contributed by atoms with Crippen molar-refractivity contribution in [2.75, 3.05) is 5.73 Å². The van der Waals surface area contributed by atoms with Gasteiger partial charge in [-0.2, -0.15) is 0 Å². The minimum atomic E-state index is 0.778. The van der Waals surface area contributed by atoms with Crippen molar-refractivity contribution in [1.29, 1.82) is 0 Å². The highest BCUT2D eigenvalue weighted by Crippen LogP contribution is 2.34. The minimum Gasteiger partial charge on any atom is -0.399 e. The molecule has 2 N–H and O–H groups in total. The van der Waals surface area contributed by atoms with Crippen molar-refractivity contribution in [2.24, 2.45) is 0 Å². The summed E-state index contributed by atoms with van der Waals surface area (Å²) in [6, 6.07) is 33.8. The van der Waals surface area contributed by atoms with Gasteiger partial charge in [-0.25, -0.2) is 0 Å². The maximum atomic E-state index is 6.10. The Bertz CT molecular complexity index is 1230. The number of nitrogen functional groups attached to an aromatic ring is 1. The summed E-state index contributed by atoms with van der Waals surface area (Å²) < 4.78 is 2.30. The average molecular weight is 334 g/mol. The molecule has 4 aromatic carbocycles. The molecular formula is C24H18N2. The molecule has 2 nitrogen and oxygen atoms in total. The molecule has 2 heteroatoms. The van der Waals surface area contributed by atoms with E-state index in [9.17, 15) is 0 Å². The van der Waals surface area contributed by atoms with E-state index in [1.54, 1.807) is 0 Å². The zero-order chi connectivity index (χ0) is 17.5. The number of rotatable bonds is 2. The molecule has 124 valence electrons. The van der Waals surface area contributed by atoms with Crippen molar-refractivity contribution in [3.63, 3.8) is 0 Å². The number of para-hydroxylation sites is 1. The SMILES string of the molecule is Nc1ccc2c3ccccc3n(-c3cccc(-c4ccccc4)c3)c2c1. The maximum Gasteiger partial charge on any atom is 0.0561 e. The predicted molar refractivity (Wildman–Crippen MR) is 111 cm³/mol. The summed E-state index contributed by atoms with van der Waals surface area (Å²) in [5.74, 6) is 0. The number of aromatic nitrogens is 1. The first-order chi connectivity index (χ1) is 12.8. The van der Waals surface area contributed by atoms with Gasteiger partial charge in [-0.05, 0) is 41.5 Å². The van der Waals surface area contributed by atoms with Gasteiger partial charge < -0.3 is 10.3 Å². The number of nitrogens with two attached hydrogens (primary N) is 1. The van der Waals surface area contributed by atoms with Gasteiger partial charge in [-0.15, -0.1) is 0 Å². The average Bonchev–Trinajstić information content (AvgIpc) is 3.02. The van der Waals surface area contributed by atoms with E-state index in [0.29, 0.717) is 0 Å². The van der Waals surface area contributed by atoms with Crippen LogP contribution in [0.5, 0.6) is 0 Å². The Morgan fingerprint density at radius 2 is 1.27 bits per heavy atom. The van der Waals surface area contributed by atoms with E-state index < -0.39 is 0 Å². The molecule has 0 saturated carbocycles. The fraction of sp³-hybridized carbons (Fsp3) is 0. The molecule has 1 heterocycles. The highest BCUT2D eigenvalue weighted by molar-refractivity contribution is 6.10.